The Bertz CT molecular complexity index is 440. The van der Waals surface area contributed by atoms with Crippen LogP contribution in [0.3, 0.4) is 0 Å². The standard InChI is InChI=1S/C16H23BrN2O/c17-13-9-12(10-18-14-7-8-14)16(19-11-13)20-15-5-3-1-2-4-6-15/h9,11,14-15,18H,1-8,10H2. The van der Waals surface area contributed by atoms with E-state index in [0.717, 1.165) is 16.9 Å². The Labute approximate surface area is 129 Å². The van der Waals surface area contributed by atoms with Gasteiger partial charge in [0.2, 0.25) is 5.88 Å². The molecule has 0 radical (unpaired) electrons. The molecular formula is C16H23BrN2O. The Hall–Kier alpha value is -0.610. The molecular weight excluding hydrogens is 316 g/mol. The zero-order chi connectivity index (χ0) is 13.8. The number of rotatable bonds is 5. The van der Waals surface area contributed by atoms with Crippen molar-refractivity contribution in [3.63, 3.8) is 0 Å². The lowest BCUT2D eigenvalue weighted by molar-refractivity contribution is 0.174. The summed E-state index contributed by atoms with van der Waals surface area (Å²) in [6, 6.07) is 2.84. The number of pyridine rings is 1. The molecule has 0 unspecified atom stereocenters. The van der Waals surface area contributed by atoms with Crippen LogP contribution in [0, 0.1) is 0 Å². The third-order valence-corrected chi connectivity index (χ3v) is 4.56. The molecule has 0 bridgehead atoms. The van der Waals surface area contributed by atoms with Gasteiger partial charge < -0.3 is 10.1 Å². The van der Waals surface area contributed by atoms with E-state index < -0.39 is 0 Å². The average molecular weight is 339 g/mol. The molecule has 2 fully saturated rings. The average Bonchev–Trinajstić information content (AvgIpc) is 3.26. The van der Waals surface area contributed by atoms with E-state index in [1.165, 1.54) is 56.9 Å². The van der Waals surface area contributed by atoms with E-state index in [9.17, 15) is 0 Å². The summed E-state index contributed by atoms with van der Waals surface area (Å²) in [6.07, 6.45) is 12.4. The summed E-state index contributed by atoms with van der Waals surface area (Å²) in [6.45, 7) is 0.860. The summed E-state index contributed by atoms with van der Waals surface area (Å²) in [7, 11) is 0. The van der Waals surface area contributed by atoms with Crippen molar-refractivity contribution < 1.29 is 4.74 Å². The highest BCUT2D eigenvalue weighted by molar-refractivity contribution is 9.10. The highest BCUT2D eigenvalue weighted by Gasteiger charge is 2.22. The molecule has 20 heavy (non-hydrogen) atoms. The Morgan fingerprint density at radius 2 is 1.90 bits per heavy atom. The summed E-state index contributed by atoms with van der Waals surface area (Å²) in [4.78, 5) is 4.49. The van der Waals surface area contributed by atoms with E-state index in [2.05, 4.69) is 32.3 Å². The van der Waals surface area contributed by atoms with Gasteiger partial charge in [-0.1, -0.05) is 12.8 Å². The first kappa shape index (κ1) is 14.3. The van der Waals surface area contributed by atoms with Crippen LogP contribution in [0.1, 0.15) is 56.9 Å². The first-order chi connectivity index (χ1) is 9.81. The minimum absolute atomic E-state index is 0.353. The highest BCUT2D eigenvalue weighted by atomic mass is 79.9. The molecule has 2 saturated carbocycles. The third kappa shape index (κ3) is 4.19. The van der Waals surface area contributed by atoms with Crippen LogP contribution in [-0.4, -0.2) is 17.1 Å². The summed E-state index contributed by atoms with van der Waals surface area (Å²) >= 11 is 3.51. The van der Waals surface area contributed by atoms with Gasteiger partial charge in [0, 0.05) is 28.8 Å². The van der Waals surface area contributed by atoms with Crippen LogP contribution >= 0.6 is 15.9 Å². The minimum Gasteiger partial charge on any atom is -0.474 e. The van der Waals surface area contributed by atoms with Gasteiger partial charge in [0.1, 0.15) is 6.10 Å². The Morgan fingerprint density at radius 3 is 2.60 bits per heavy atom. The first-order valence-electron chi connectivity index (χ1n) is 7.86. The quantitative estimate of drug-likeness (QED) is 0.817. The third-order valence-electron chi connectivity index (χ3n) is 4.13. The van der Waals surface area contributed by atoms with Crippen LogP contribution < -0.4 is 10.1 Å². The van der Waals surface area contributed by atoms with Gasteiger partial charge in [0.05, 0.1) is 0 Å². The van der Waals surface area contributed by atoms with E-state index >= 15 is 0 Å². The molecule has 0 aromatic carbocycles. The molecule has 3 rings (SSSR count). The van der Waals surface area contributed by atoms with E-state index in [0.29, 0.717) is 12.1 Å². The van der Waals surface area contributed by atoms with Gasteiger partial charge in [-0.05, 0) is 60.5 Å². The van der Waals surface area contributed by atoms with E-state index in [1.54, 1.807) is 0 Å². The van der Waals surface area contributed by atoms with Gasteiger partial charge in [-0.2, -0.15) is 0 Å². The van der Waals surface area contributed by atoms with Crippen LogP contribution in [-0.2, 0) is 6.54 Å². The number of aromatic nitrogens is 1. The molecule has 1 heterocycles. The van der Waals surface area contributed by atoms with Gasteiger partial charge in [-0.3, -0.25) is 0 Å². The molecule has 2 aliphatic rings. The molecule has 0 aliphatic heterocycles. The van der Waals surface area contributed by atoms with E-state index in [-0.39, 0.29) is 0 Å². The number of nitrogens with zero attached hydrogens (tertiary/aromatic N) is 1. The number of nitrogens with one attached hydrogen (secondary N) is 1. The van der Waals surface area contributed by atoms with Crippen molar-refractivity contribution in [1.29, 1.82) is 0 Å². The van der Waals surface area contributed by atoms with Crippen LogP contribution in [0.25, 0.3) is 0 Å². The Morgan fingerprint density at radius 1 is 1.15 bits per heavy atom. The van der Waals surface area contributed by atoms with Gasteiger partial charge >= 0.3 is 0 Å². The second-order valence-electron chi connectivity index (χ2n) is 6.00. The van der Waals surface area contributed by atoms with Crippen LogP contribution in [0.15, 0.2) is 16.7 Å². The van der Waals surface area contributed by atoms with E-state index in [4.69, 9.17) is 4.74 Å². The zero-order valence-electron chi connectivity index (χ0n) is 11.9. The summed E-state index contributed by atoms with van der Waals surface area (Å²) in [5.41, 5.74) is 1.18. The summed E-state index contributed by atoms with van der Waals surface area (Å²) in [5.74, 6) is 0.827. The first-order valence-corrected chi connectivity index (χ1v) is 8.65. The molecule has 3 nitrogen and oxygen atoms in total. The summed E-state index contributed by atoms with van der Waals surface area (Å²) < 4.78 is 7.23. The van der Waals surface area contributed by atoms with Crippen molar-refractivity contribution in [2.75, 3.05) is 0 Å². The van der Waals surface area contributed by atoms with Crippen LogP contribution in [0.4, 0.5) is 0 Å². The van der Waals surface area contributed by atoms with Gasteiger partial charge in [0.25, 0.3) is 0 Å². The molecule has 1 aromatic rings. The highest BCUT2D eigenvalue weighted by Crippen LogP contribution is 2.27. The Balaban J connectivity index is 1.66. The van der Waals surface area contributed by atoms with Crippen LogP contribution in [0.2, 0.25) is 0 Å². The number of halogens is 1. The Kier molecular flexibility index (Phi) is 4.94. The predicted molar refractivity (Wildman–Crippen MR) is 83.9 cm³/mol. The fraction of sp³-hybridized carbons (Fsp3) is 0.688. The zero-order valence-corrected chi connectivity index (χ0v) is 13.5. The fourth-order valence-electron chi connectivity index (χ4n) is 2.76. The maximum Gasteiger partial charge on any atom is 0.218 e. The van der Waals surface area contributed by atoms with Crippen molar-refractivity contribution >= 4 is 15.9 Å². The smallest absolute Gasteiger partial charge is 0.218 e. The monoisotopic (exact) mass is 338 g/mol. The lowest BCUT2D eigenvalue weighted by Crippen LogP contribution is -2.20. The largest absolute Gasteiger partial charge is 0.474 e. The molecule has 0 atom stereocenters. The van der Waals surface area contributed by atoms with Gasteiger partial charge in [-0.25, -0.2) is 4.98 Å². The lowest BCUT2D eigenvalue weighted by atomic mass is 10.1. The second kappa shape index (κ2) is 6.90. The maximum atomic E-state index is 6.20. The molecule has 4 heteroatoms. The van der Waals surface area contributed by atoms with E-state index in [1.807, 2.05) is 6.20 Å². The van der Waals surface area contributed by atoms with Gasteiger partial charge in [0.15, 0.2) is 0 Å². The number of ether oxygens (including phenoxy) is 1. The number of hydrogen-bond acceptors (Lipinski definition) is 3. The van der Waals surface area contributed by atoms with Crippen molar-refractivity contribution in [1.82, 2.24) is 10.3 Å². The molecule has 0 spiro atoms. The normalized spacial score (nSPS) is 20.6. The van der Waals surface area contributed by atoms with Crippen molar-refractivity contribution in [2.45, 2.75) is 70.1 Å². The second-order valence-corrected chi connectivity index (χ2v) is 6.92. The van der Waals surface area contributed by atoms with Crippen molar-refractivity contribution in [2.24, 2.45) is 0 Å². The SMILES string of the molecule is Brc1cnc(OC2CCCCCC2)c(CNC2CC2)c1. The fourth-order valence-corrected chi connectivity index (χ4v) is 3.14. The summed E-state index contributed by atoms with van der Waals surface area (Å²) in [5, 5.41) is 3.55. The minimum atomic E-state index is 0.353. The van der Waals surface area contributed by atoms with Gasteiger partial charge in [-0.15, -0.1) is 0 Å². The molecule has 2 aliphatic carbocycles. The molecule has 1 N–H and O–H groups in total. The maximum absolute atomic E-state index is 6.20. The van der Waals surface area contributed by atoms with Crippen molar-refractivity contribution in [3.8, 4) is 5.88 Å². The number of hydrogen-bond donors (Lipinski definition) is 1. The topological polar surface area (TPSA) is 34.1 Å². The molecule has 110 valence electrons. The lowest BCUT2D eigenvalue weighted by Gasteiger charge is -2.18. The predicted octanol–water partition coefficient (Wildman–Crippen LogP) is 4.20. The molecule has 0 saturated heterocycles. The van der Waals surface area contributed by atoms with Crippen LogP contribution in [0.5, 0.6) is 5.88 Å². The molecule has 1 aromatic heterocycles. The molecule has 0 amide bonds. The van der Waals surface area contributed by atoms with Crippen molar-refractivity contribution in [3.05, 3.63) is 22.3 Å².